The molecule has 0 aliphatic rings. The van der Waals surface area contributed by atoms with Crippen LogP contribution in [0.3, 0.4) is 0 Å². The first kappa shape index (κ1) is 18.9. The zero-order valence-electron chi connectivity index (χ0n) is 14.8. The standard InChI is InChI=1S/C20H20F3N3O/c1-2-9-24-19(27)12-16(14-6-5-7-15(11-14)20(21,22)23)17-13-25-18-8-3-4-10-26(17)18/h3-8,10-11,13,16H,2,9,12H2,1H3,(H,24,27). The van der Waals surface area contributed by atoms with Gasteiger partial charge in [-0.3, -0.25) is 4.79 Å². The molecule has 3 rings (SSSR count). The van der Waals surface area contributed by atoms with Crippen molar-refractivity contribution >= 4 is 11.6 Å². The molecule has 7 heteroatoms. The van der Waals surface area contributed by atoms with E-state index in [2.05, 4.69) is 10.3 Å². The van der Waals surface area contributed by atoms with Crippen LogP contribution in [0.5, 0.6) is 0 Å². The summed E-state index contributed by atoms with van der Waals surface area (Å²) < 4.78 is 41.3. The highest BCUT2D eigenvalue weighted by molar-refractivity contribution is 5.77. The van der Waals surface area contributed by atoms with Gasteiger partial charge in [-0.25, -0.2) is 4.98 Å². The Morgan fingerprint density at radius 2 is 2.04 bits per heavy atom. The van der Waals surface area contributed by atoms with Crippen molar-refractivity contribution in [1.29, 1.82) is 0 Å². The summed E-state index contributed by atoms with van der Waals surface area (Å²) in [7, 11) is 0. The van der Waals surface area contributed by atoms with Crippen molar-refractivity contribution < 1.29 is 18.0 Å². The summed E-state index contributed by atoms with van der Waals surface area (Å²) in [6.45, 7) is 2.47. The zero-order valence-corrected chi connectivity index (χ0v) is 14.8. The molecule has 1 N–H and O–H groups in total. The van der Waals surface area contributed by atoms with Gasteiger partial charge in [0.2, 0.25) is 5.91 Å². The van der Waals surface area contributed by atoms with Crippen LogP contribution in [0, 0.1) is 0 Å². The first-order valence-electron chi connectivity index (χ1n) is 8.76. The molecule has 2 aromatic heterocycles. The van der Waals surface area contributed by atoms with E-state index in [0.717, 1.165) is 18.6 Å². The largest absolute Gasteiger partial charge is 0.416 e. The van der Waals surface area contributed by atoms with Crippen LogP contribution in [-0.2, 0) is 11.0 Å². The number of hydrogen-bond donors (Lipinski definition) is 1. The Labute approximate surface area is 155 Å². The van der Waals surface area contributed by atoms with E-state index in [1.54, 1.807) is 22.9 Å². The number of halogens is 3. The lowest BCUT2D eigenvalue weighted by Crippen LogP contribution is -2.26. The summed E-state index contributed by atoms with van der Waals surface area (Å²) in [5.41, 5.74) is 1.06. The minimum absolute atomic E-state index is 0.0456. The van der Waals surface area contributed by atoms with E-state index in [9.17, 15) is 18.0 Å². The van der Waals surface area contributed by atoms with E-state index in [1.807, 2.05) is 25.1 Å². The minimum Gasteiger partial charge on any atom is -0.356 e. The van der Waals surface area contributed by atoms with Crippen molar-refractivity contribution in [2.75, 3.05) is 6.54 Å². The van der Waals surface area contributed by atoms with E-state index in [-0.39, 0.29) is 12.3 Å². The number of amides is 1. The molecule has 4 nitrogen and oxygen atoms in total. The van der Waals surface area contributed by atoms with Gasteiger partial charge in [-0.15, -0.1) is 0 Å². The topological polar surface area (TPSA) is 46.4 Å². The van der Waals surface area contributed by atoms with E-state index in [0.29, 0.717) is 23.4 Å². The van der Waals surface area contributed by atoms with Crippen molar-refractivity contribution in [3.8, 4) is 0 Å². The lowest BCUT2D eigenvalue weighted by Gasteiger charge is -2.19. The van der Waals surface area contributed by atoms with Gasteiger partial charge >= 0.3 is 6.18 Å². The van der Waals surface area contributed by atoms with Gasteiger partial charge in [0.05, 0.1) is 11.3 Å². The molecule has 2 heterocycles. The molecule has 0 saturated heterocycles. The van der Waals surface area contributed by atoms with Gasteiger partial charge in [-0.05, 0) is 30.2 Å². The molecule has 0 aliphatic heterocycles. The summed E-state index contributed by atoms with van der Waals surface area (Å²) in [4.78, 5) is 16.7. The fraction of sp³-hybridized carbons (Fsp3) is 0.300. The third-order valence-electron chi connectivity index (χ3n) is 4.38. The van der Waals surface area contributed by atoms with Crippen molar-refractivity contribution in [2.45, 2.75) is 31.9 Å². The van der Waals surface area contributed by atoms with Gasteiger partial charge in [0, 0.05) is 31.3 Å². The van der Waals surface area contributed by atoms with Gasteiger partial charge < -0.3 is 9.72 Å². The minimum atomic E-state index is -4.44. The third kappa shape index (κ3) is 4.30. The Kier molecular flexibility index (Phi) is 5.48. The highest BCUT2D eigenvalue weighted by Crippen LogP contribution is 2.34. The lowest BCUT2D eigenvalue weighted by atomic mass is 9.91. The molecule has 3 aromatic rings. The summed E-state index contributed by atoms with van der Waals surface area (Å²) in [5.74, 6) is -0.744. The first-order chi connectivity index (χ1) is 12.9. The normalized spacial score (nSPS) is 12.9. The Hall–Kier alpha value is -2.83. The number of nitrogens with zero attached hydrogens (tertiary/aromatic N) is 2. The van der Waals surface area contributed by atoms with Crippen LogP contribution in [0.2, 0.25) is 0 Å². The number of imidazole rings is 1. The number of aromatic nitrogens is 2. The number of carbonyl (C=O) groups excluding carboxylic acids is 1. The third-order valence-corrected chi connectivity index (χ3v) is 4.38. The average molecular weight is 375 g/mol. The second-order valence-corrected chi connectivity index (χ2v) is 6.34. The molecule has 0 bridgehead atoms. The summed E-state index contributed by atoms with van der Waals surface area (Å²) >= 11 is 0. The van der Waals surface area contributed by atoms with Crippen LogP contribution in [0.25, 0.3) is 5.65 Å². The Bertz CT molecular complexity index is 933. The van der Waals surface area contributed by atoms with Gasteiger partial charge in [-0.1, -0.05) is 31.2 Å². The highest BCUT2D eigenvalue weighted by Gasteiger charge is 2.32. The number of rotatable bonds is 6. The summed E-state index contributed by atoms with van der Waals surface area (Å²) in [6, 6.07) is 10.6. The van der Waals surface area contributed by atoms with Crippen LogP contribution in [0.15, 0.2) is 54.9 Å². The fourth-order valence-electron chi connectivity index (χ4n) is 3.06. The molecular formula is C20H20F3N3O. The molecule has 1 aromatic carbocycles. The Morgan fingerprint density at radius 1 is 1.22 bits per heavy atom. The van der Waals surface area contributed by atoms with Crippen LogP contribution in [-0.4, -0.2) is 21.8 Å². The molecule has 27 heavy (non-hydrogen) atoms. The molecule has 1 unspecified atom stereocenters. The average Bonchev–Trinajstić information content (AvgIpc) is 3.08. The molecule has 142 valence electrons. The summed E-state index contributed by atoms with van der Waals surface area (Å²) in [5, 5.41) is 2.80. The molecule has 0 radical (unpaired) electrons. The van der Waals surface area contributed by atoms with E-state index in [4.69, 9.17) is 0 Å². The SMILES string of the molecule is CCCNC(=O)CC(c1cccc(C(F)(F)F)c1)c1cnc2ccccn12. The van der Waals surface area contributed by atoms with E-state index in [1.165, 1.54) is 6.07 Å². The molecule has 1 atom stereocenters. The monoisotopic (exact) mass is 375 g/mol. The van der Waals surface area contributed by atoms with E-state index < -0.39 is 17.7 Å². The van der Waals surface area contributed by atoms with Crippen LogP contribution in [0.4, 0.5) is 13.2 Å². The molecule has 0 aliphatic carbocycles. The predicted molar refractivity (Wildman–Crippen MR) is 96.4 cm³/mol. The maximum atomic E-state index is 13.2. The Morgan fingerprint density at radius 3 is 2.78 bits per heavy atom. The Balaban J connectivity index is 2.04. The van der Waals surface area contributed by atoms with Crippen molar-refractivity contribution in [3.05, 3.63) is 71.7 Å². The number of alkyl halides is 3. The van der Waals surface area contributed by atoms with Gasteiger partial charge in [0.25, 0.3) is 0 Å². The maximum absolute atomic E-state index is 13.2. The van der Waals surface area contributed by atoms with Crippen molar-refractivity contribution in [2.24, 2.45) is 0 Å². The van der Waals surface area contributed by atoms with Gasteiger partial charge in [0.15, 0.2) is 0 Å². The second kappa shape index (κ2) is 7.82. The van der Waals surface area contributed by atoms with Gasteiger partial charge in [0.1, 0.15) is 5.65 Å². The lowest BCUT2D eigenvalue weighted by molar-refractivity contribution is -0.137. The van der Waals surface area contributed by atoms with Crippen molar-refractivity contribution in [3.63, 3.8) is 0 Å². The van der Waals surface area contributed by atoms with Crippen LogP contribution < -0.4 is 5.32 Å². The molecular weight excluding hydrogens is 355 g/mol. The molecule has 0 fully saturated rings. The predicted octanol–water partition coefficient (Wildman–Crippen LogP) is 4.40. The first-order valence-corrected chi connectivity index (χ1v) is 8.76. The van der Waals surface area contributed by atoms with Crippen LogP contribution >= 0.6 is 0 Å². The quantitative estimate of drug-likeness (QED) is 0.694. The zero-order chi connectivity index (χ0) is 19.4. The number of nitrogens with one attached hydrogen (secondary N) is 1. The highest BCUT2D eigenvalue weighted by atomic mass is 19.4. The second-order valence-electron chi connectivity index (χ2n) is 6.34. The fourth-order valence-corrected chi connectivity index (χ4v) is 3.06. The van der Waals surface area contributed by atoms with E-state index >= 15 is 0 Å². The number of pyridine rings is 1. The maximum Gasteiger partial charge on any atom is 0.416 e. The van der Waals surface area contributed by atoms with Gasteiger partial charge in [-0.2, -0.15) is 13.2 Å². The molecule has 1 amide bonds. The molecule has 0 spiro atoms. The number of benzene rings is 1. The number of fused-ring (bicyclic) bond motifs is 1. The number of carbonyl (C=O) groups is 1. The van der Waals surface area contributed by atoms with Crippen LogP contribution in [0.1, 0.15) is 42.5 Å². The van der Waals surface area contributed by atoms with Crippen molar-refractivity contribution in [1.82, 2.24) is 14.7 Å². The smallest absolute Gasteiger partial charge is 0.356 e. The molecule has 0 saturated carbocycles. The summed E-state index contributed by atoms with van der Waals surface area (Å²) in [6.07, 6.45) is -0.195. The number of hydrogen-bond acceptors (Lipinski definition) is 2.